The molecule has 7 heteroatoms. The van der Waals surface area contributed by atoms with Crippen molar-refractivity contribution in [2.24, 2.45) is 0 Å². The summed E-state index contributed by atoms with van der Waals surface area (Å²) in [6.07, 6.45) is 5.16. The number of nitrogens with one attached hydrogen (secondary N) is 1. The van der Waals surface area contributed by atoms with Crippen LogP contribution in [0.2, 0.25) is 0 Å². The van der Waals surface area contributed by atoms with E-state index in [4.69, 9.17) is 4.98 Å². The van der Waals surface area contributed by atoms with Crippen molar-refractivity contribution in [2.45, 2.75) is 32.4 Å². The zero-order chi connectivity index (χ0) is 20.8. The van der Waals surface area contributed by atoms with Gasteiger partial charge in [-0.3, -0.25) is 9.78 Å². The number of halogens is 1. The van der Waals surface area contributed by atoms with Crippen LogP contribution in [0, 0.1) is 5.82 Å². The van der Waals surface area contributed by atoms with Crippen LogP contribution in [0.1, 0.15) is 29.9 Å². The summed E-state index contributed by atoms with van der Waals surface area (Å²) in [4.78, 5) is 25.5. The molecule has 152 valence electrons. The molecule has 0 aliphatic heterocycles. The second kappa shape index (κ2) is 9.26. The minimum atomic E-state index is -0.260. The molecule has 6 nitrogen and oxygen atoms in total. The monoisotopic (exact) mass is 403 g/mol. The van der Waals surface area contributed by atoms with Crippen molar-refractivity contribution >= 4 is 17.1 Å². The van der Waals surface area contributed by atoms with Crippen LogP contribution in [0.4, 0.5) is 4.39 Å². The fraction of sp³-hybridized carbons (Fsp3) is 0.217. The van der Waals surface area contributed by atoms with Gasteiger partial charge >= 0.3 is 0 Å². The van der Waals surface area contributed by atoms with E-state index in [1.54, 1.807) is 24.5 Å². The van der Waals surface area contributed by atoms with Crippen molar-refractivity contribution in [3.05, 3.63) is 89.9 Å². The molecule has 1 aromatic carbocycles. The van der Waals surface area contributed by atoms with Crippen LogP contribution in [-0.4, -0.2) is 25.4 Å². The van der Waals surface area contributed by atoms with E-state index in [2.05, 4.69) is 15.3 Å². The Morgan fingerprint density at radius 1 is 1.00 bits per heavy atom. The predicted octanol–water partition coefficient (Wildman–Crippen LogP) is 3.65. The summed E-state index contributed by atoms with van der Waals surface area (Å²) in [6, 6.07) is 15.8. The molecule has 3 heterocycles. The molecule has 3 aromatic heterocycles. The first-order valence-corrected chi connectivity index (χ1v) is 9.90. The standard InChI is InChI=1S/C23H22FN5O/c24-18-11-9-17(10-12-18)16-29-21(28-20-6-4-14-26-23(20)29)7-3-8-22(30)27-15-19-5-1-2-13-25-19/h1-2,4-6,9-14H,3,7-8,15-16H2,(H,27,30). The van der Waals surface area contributed by atoms with Crippen LogP contribution in [0.3, 0.4) is 0 Å². The number of aryl methyl sites for hydroxylation is 1. The third-order valence-corrected chi connectivity index (χ3v) is 4.83. The van der Waals surface area contributed by atoms with E-state index < -0.39 is 0 Å². The highest BCUT2D eigenvalue weighted by Crippen LogP contribution is 2.18. The van der Waals surface area contributed by atoms with Crippen LogP contribution < -0.4 is 5.32 Å². The Morgan fingerprint density at radius 2 is 1.83 bits per heavy atom. The van der Waals surface area contributed by atoms with Crippen LogP contribution >= 0.6 is 0 Å². The lowest BCUT2D eigenvalue weighted by atomic mass is 10.2. The molecule has 0 atom stereocenters. The first-order chi connectivity index (χ1) is 14.7. The van der Waals surface area contributed by atoms with Gasteiger partial charge in [0, 0.05) is 25.2 Å². The highest BCUT2D eigenvalue weighted by atomic mass is 19.1. The molecule has 0 spiro atoms. The first-order valence-electron chi connectivity index (χ1n) is 9.90. The third kappa shape index (κ3) is 4.86. The van der Waals surface area contributed by atoms with Gasteiger partial charge < -0.3 is 9.88 Å². The van der Waals surface area contributed by atoms with Gasteiger partial charge in [-0.15, -0.1) is 0 Å². The van der Waals surface area contributed by atoms with Gasteiger partial charge in [-0.2, -0.15) is 0 Å². The number of nitrogens with zero attached hydrogens (tertiary/aromatic N) is 4. The van der Waals surface area contributed by atoms with Crippen molar-refractivity contribution < 1.29 is 9.18 Å². The molecule has 4 rings (SSSR count). The number of hydrogen-bond donors (Lipinski definition) is 1. The quantitative estimate of drug-likeness (QED) is 0.487. The van der Waals surface area contributed by atoms with E-state index in [-0.39, 0.29) is 11.7 Å². The van der Waals surface area contributed by atoms with Gasteiger partial charge in [0.25, 0.3) is 0 Å². The van der Waals surface area contributed by atoms with E-state index in [9.17, 15) is 9.18 Å². The lowest BCUT2D eigenvalue weighted by molar-refractivity contribution is -0.121. The molecule has 0 saturated heterocycles. The average Bonchev–Trinajstić information content (AvgIpc) is 3.12. The minimum Gasteiger partial charge on any atom is -0.350 e. The number of carbonyl (C=O) groups excluding carboxylic acids is 1. The molecule has 4 aromatic rings. The summed E-state index contributed by atoms with van der Waals surface area (Å²) in [6.45, 7) is 0.974. The molecule has 0 aliphatic carbocycles. The van der Waals surface area contributed by atoms with E-state index in [0.717, 1.165) is 28.2 Å². The van der Waals surface area contributed by atoms with Crippen molar-refractivity contribution in [2.75, 3.05) is 0 Å². The molecule has 0 saturated carbocycles. The Bertz CT molecular complexity index is 1130. The largest absolute Gasteiger partial charge is 0.350 e. The van der Waals surface area contributed by atoms with Crippen LogP contribution in [0.5, 0.6) is 0 Å². The number of pyridine rings is 2. The summed E-state index contributed by atoms with van der Waals surface area (Å²) in [5, 5.41) is 2.90. The predicted molar refractivity (Wildman–Crippen MR) is 112 cm³/mol. The molecule has 1 N–H and O–H groups in total. The van der Waals surface area contributed by atoms with Crippen LogP contribution in [0.15, 0.2) is 67.0 Å². The van der Waals surface area contributed by atoms with E-state index in [1.165, 1.54) is 12.1 Å². The normalized spacial score (nSPS) is 11.0. The molecule has 0 unspecified atom stereocenters. The highest BCUT2D eigenvalue weighted by molar-refractivity contribution is 5.75. The molecule has 0 fully saturated rings. The number of carbonyl (C=O) groups is 1. The van der Waals surface area contributed by atoms with Gasteiger partial charge in [-0.25, -0.2) is 14.4 Å². The average molecular weight is 403 g/mol. The number of fused-ring (bicyclic) bond motifs is 1. The molecule has 0 bridgehead atoms. The maximum absolute atomic E-state index is 13.2. The lowest BCUT2D eigenvalue weighted by Gasteiger charge is -2.09. The van der Waals surface area contributed by atoms with E-state index in [1.807, 2.05) is 34.9 Å². The van der Waals surface area contributed by atoms with Gasteiger partial charge in [0.05, 0.1) is 18.8 Å². The zero-order valence-corrected chi connectivity index (χ0v) is 16.5. The molecule has 0 aliphatic rings. The van der Waals surface area contributed by atoms with Crippen molar-refractivity contribution in [3.8, 4) is 0 Å². The number of imidazole rings is 1. The number of aromatic nitrogens is 4. The second-order valence-corrected chi connectivity index (χ2v) is 7.04. The minimum absolute atomic E-state index is 0.0139. The topological polar surface area (TPSA) is 72.7 Å². The van der Waals surface area contributed by atoms with E-state index >= 15 is 0 Å². The van der Waals surface area contributed by atoms with Gasteiger partial charge in [0.15, 0.2) is 5.65 Å². The number of benzene rings is 1. The summed E-state index contributed by atoms with van der Waals surface area (Å²) in [7, 11) is 0. The number of rotatable bonds is 8. The zero-order valence-electron chi connectivity index (χ0n) is 16.5. The smallest absolute Gasteiger partial charge is 0.220 e. The fourth-order valence-corrected chi connectivity index (χ4v) is 3.32. The molecule has 0 radical (unpaired) electrons. The van der Waals surface area contributed by atoms with Crippen molar-refractivity contribution in [3.63, 3.8) is 0 Å². The third-order valence-electron chi connectivity index (χ3n) is 4.83. The summed E-state index contributed by atoms with van der Waals surface area (Å²) >= 11 is 0. The maximum Gasteiger partial charge on any atom is 0.220 e. The van der Waals surface area contributed by atoms with Crippen LogP contribution in [-0.2, 0) is 24.3 Å². The summed E-state index contributed by atoms with van der Waals surface area (Å²) < 4.78 is 15.3. The Kier molecular flexibility index (Phi) is 6.08. The summed E-state index contributed by atoms with van der Waals surface area (Å²) in [5.74, 6) is 0.592. The Hall–Kier alpha value is -3.61. The number of hydrogen-bond acceptors (Lipinski definition) is 4. The second-order valence-electron chi connectivity index (χ2n) is 7.04. The van der Waals surface area contributed by atoms with E-state index in [0.29, 0.717) is 32.4 Å². The van der Waals surface area contributed by atoms with Crippen molar-refractivity contribution in [1.29, 1.82) is 0 Å². The SMILES string of the molecule is O=C(CCCc1nc2cccnc2n1Cc1ccc(F)cc1)NCc1ccccn1. The van der Waals surface area contributed by atoms with Gasteiger partial charge in [0.1, 0.15) is 17.2 Å². The fourth-order valence-electron chi connectivity index (χ4n) is 3.32. The Balaban J connectivity index is 1.40. The Labute approximate surface area is 173 Å². The first kappa shape index (κ1) is 19.7. The lowest BCUT2D eigenvalue weighted by Crippen LogP contribution is -2.23. The number of amides is 1. The summed E-state index contributed by atoms with van der Waals surface area (Å²) in [5.41, 5.74) is 3.40. The van der Waals surface area contributed by atoms with Crippen LogP contribution in [0.25, 0.3) is 11.2 Å². The highest BCUT2D eigenvalue weighted by Gasteiger charge is 2.13. The maximum atomic E-state index is 13.2. The van der Waals surface area contributed by atoms with Gasteiger partial charge in [-0.1, -0.05) is 18.2 Å². The molecule has 1 amide bonds. The van der Waals surface area contributed by atoms with Crippen molar-refractivity contribution in [1.82, 2.24) is 24.8 Å². The molecule has 30 heavy (non-hydrogen) atoms. The van der Waals surface area contributed by atoms with Gasteiger partial charge in [-0.05, 0) is 48.4 Å². The molecular weight excluding hydrogens is 381 g/mol. The van der Waals surface area contributed by atoms with Gasteiger partial charge in [0.2, 0.25) is 5.91 Å². The molecular formula is C23H22FN5O. The Morgan fingerprint density at radius 3 is 2.63 bits per heavy atom.